The molecule has 3 rings (SSSR count). The van der Waals surface area contributed by atoms with Crippen LogP contribution in [0.4, 0.5) is 0 Å². The molecule has 1 fully saturated rings. The van der Waals surface area contributed by atoms with Crippen molar-refractivity contribution in [1.29, 1.82) is 0 Å². The van der Waals surface area contributed by atoms with Crippen molar-refractivity contribution in [2.45, 2.75) is 43.7 Å². The van der Waals surface area contributed by atoms with E-state index in [-0.39, 0.29) is 11.3 Å². The zero-order valence-electron chi connectivity index (χ0n) is 12.3. The molecule has 1 aromatic rings. The number of hydrogen-bond donors (Lipinski definition) is 6. The first-order valence-corrected chi connectivity index (χ1v) is 7.44. The summed E-state index contributed by atoms with van der Waals surface area (Å²) in [7, 11) is 0. The summed E-state index contributed by atoms with van der Waals surface area (Å²) in [6, 6.07) is 1.24. The second-order valence-electron chi connectivity index (χ2n) is 5.70. The van der Waals surface area contributed by atoms with Crippen LogP contribution in [0, 0.1) is 0 Å². The number of rotatable bonds is 3. The van der Waals surface area contributed by atoms with E-state index in [2.05, 4.69) is 10.3 Å². The van der Waals surface area contributed by atoms with Crippen LogP contribution < -0.4 is 15.5 Å². The number of aromatic nitrogens is 1. The number of aliphatic hydroxyl groups is 4. The van der Waals surface area contributed by atoms with Gasteiger partial charge in [0.1, 0.15) is 24.4 Å². The van der Waals surface area contributed by atoms with Crippen molar-refractivity contribution >= 4 is 0 Å². The fourth-order valence-electron chi connectivity index (χ4n) is 2.80. The predicted molar refractivity (Wildman–Crippen MR) is 76.9 cm³/mol. The van der Waals surface area contributed by atoms with Crippen LogP contribution in [0.15, 0.2) is 10.9 Å². The molecule has 23 heavy (non-hydrogen) atoms. The van der Waals surface area contributed by atoms with Crippen LogP contribution in [-0.2, 0) is 17.7 Å². The minimum atomic E-state index is -1.53. The van der Waals surface area contributed by atoms with Gasteiger partial charge < -0.3 is 40.2 Å². The molecule has 0 aromatic carbocycles. The van der Waals surface area contributed by atoms with Crippen LogP contribution in [0.5, 0.6) is 5.88 Å². The molecule has 0 amide bonds. The lowest BCUT2D eigenvalue weighted by molar-refractivity contribution is -0.278. The highest BCUT2D eigenvalue weighted by atomic mass is 16.7. The Hall–Kier alpha value is -1.49. The third kappa shape index (κ3) is 3.11. The Morgan fingerprint density at radius 2 is 2.04 bits per heavy atom. The van der Waals surface area contributed by atoms with Gasteiger partial charge in [-0.2, -0.15) is 0 Å². The number of aromatic amines is 1. The Bertz CT molecular complexity index is 618. The molecule has 0 radical (unpaired) electrons. The molecule has 1 saturated heterocycles. The van der Waals surface area contributed by atoms with Crippen molar-refractivity contribution in [1.82, 2.24) is 10.3 Å². The average Bonchev–Trinajstić information content (AvgIpc) is 2.55. The molecule has 9 nitrogen and oxygen atoms in total. The normalized spacial score (nSPS) is 34.0. The molecule has 2 unspecified atom stereocenters. The van der Waals surface area contributed by atoms with E-state index in [4.69, 9.17) is 14.6 Å². The standard InChI is InChI=1S/C14H20N2O7/c17-5-9-11(19)12(20)13(21)14(22-9)23-10-3-8(18)6-4-15-2-1-7(6)16-10/h3,9,11-15,17,19-21H,1-2,4-5H2,(H,16,18)/t9?,11-,12+,13?,14+/m1/s1. The molecule has 0 saturated carbocycles. The van der Waals surface area contributed by atoms with Crippen LogP contribution in [0.2, 0.25) is 0 Å². The number of fused-ring (bicyclic) bond motifs is 1. The highest BCUT2D eigenvalue weighted by Gasteiger charge is 2.44. The molecule has 2 aliphatic rings. The van der Waals surface area contributed by atoms with Crippen LogP contribution >= 0.6 is 0 Å². The molecule has 6 N–H and O–H groups in total. The number of nitrogens with one attached hydrogen (secondary N) is 2. The van der Waals surface area contributed by atoms with E-state index in [0.717, 1.165) is 12.2 Å². The lowest BCUT2D eigenvalue weighted by Crippen LogP contribution is -2.60. The lowest BCUT2D eigenvalue weighted by atomic mass is 9.99. The van der Waals surface area contributed by atoms with E-state index in [1.807, 2.05) is 0 Å². The molecular formula is C14H20N2O7. The third-order valence-corrected chi connectivity index (χ3v) is 4.14. The van der Waals surface area contributed by atoms with Crippen molar-refractivity contribution in [3.63, 3.8) is 0 Å². The van der Waals surface area contributed by atoms with Gasteiger partial charge in [0.2, 0.25) is 6.29 Å². The highest BCUT2D eigenvalue weighted by molar-refractivity contribution is 5.28. The summed E-state index contributed by atoms with van der Waals surface area (Å²) in [6.07, 6.45) is -6.25. The fraction of sp³-hybridized carbons (Fsp3) is 0.643. The number of hydrogen-bond acceptors (Lipinski definition) is 8. The topological polar surface area (TPSA) is 144 Å². The van der Waals surface area contributed by atoms with Crippen LogP contribution in [0.1, 0.15) is 11.3 Å². The maximum absolute atomic E-state index is 12.1. The molecule has 9 heteroatoms. The van der Waals surface area contributed by atoms with Gasteiger partial charge in [-0.3, -0.25) is 4.79 Å². The van der Waals surface area contributed by atoms with E-state index in [9.17, 15) is 20.1 Å². The maximum atomic E-state index is 12.1. The van der Waals surface area contributed by atoms with Gasteiger partial charge in [-0.05, 0) is 0 Å². The first-order chi connectivity index (χ1) is 11.0. The number of aliphatic hydroxyl groups excluding tert-OH is 4. The summed E-state index contributed by atoms with van der Waals surface area (Å²) < 4.78 is 10.7. The molecule has 3 heterocycles. The zero-order chi connectivity index (χ0) is 16.6. The molecule has 0 bridgehead atoms. The number of pyridine rings is 1. The van der Waals surface area contributed by atoms with E-state index < -0.39 is 37.3 Å². The summed E-state index contributed by atoms with van der Waals surface area (Å²) in [5.74, 6) is 0.0972. The predicted octanol–water partition coefficient (Wildman–Crippen LogP) is -2.80. The van der Waals surface area contributed by atoms with Gasteiger partial charge in [0.15, 0.2) is 11.3 Å². The Morgan fingerprint density at radius 3 is 2.78 bits per heavy atom. The summed E-state index contributed by atoms with van der Waals surface area (Å²) in [4.78, 5) is 15.0. The molecule has 0 spiro atoms. The van der Waals surface area contributed by atoms with E-state index in [1.54, 1.807) is 0 Å². The van der Waals surface area contributed by atoms with E-state index >= 15 is 0 Å². The van der Waals surface area contributed by atoms with Gasteiger partial charge in [0.05, 0.1) is 6.61 Å². The molecule has 0 aliphatic carbocycles. The number of H-pyrrole nitrogens is 1. The first-order valence-electron chi connectivity index (χ1n) is 7.44. The zero-order valence-corrected chi connectivity index (χ0v) is 12.3. The van der Waals surface area contributed by atoms with Crippen LogP contribution in [0.3, 0.4) is 0 Å². The third-order valence-electron chi connectivity index (χ3n) is 4.14. The minimum absolute atomic E-state index is 0.0972. The van der Waals surface area contributed by atoms with Crippen molar-refractivity contribution < 1.29 is 29.9 Å². The smallest absolute Gasteiger partial charge is 0.230 e. The summed E-state index contributed by atoms with van der Waals surface area (Å²) in [5, 5.41) is 41.7. The number of ether oxygens (including phenoxy) is 2. The Kier molecular flexibility index (Phi) is 4.67. The van der Waals surface area contributed by atoms with Gasteiger partial charge in [-0.1, -0.05) is 0 Å². The fourth-order valence-corrected chi connectivity index (χ4v) is 2.80. The van der Waals surface area contributed by atoms with Gasteiger partial charge in [0.25, 0.3) is 0 Å². The Labute approximate surface area is 131 Å². The van der Waals surface area contributed by atoms with Crippen LogP contribution in [0.25, 0.3) is 0 Å². The van der Waals surface area contributed by atoms with E-state index in [1.165, 1.54) is 6.07 Å². The highest BCUT2D eigenvalue weighted by Crippen LogP contribution is 2.23. The average molecular weight is 328 g/mol. The summed E-state index contributed by atoms with van der Waals surface area (Å²) in [6.45, 7) is 0.661. The molecule has 1 aromatic heterocycles. The Morgan fingerprint density at radius 1 is 1.26 bits per heavy atom. The van der Waals surface area contributed by atoms with Crippen molar-refractivity contribution in [2.24, 2.45) is 0 Å². The second kappa shape index (κ2) is 6.56. The summed E-state index contributed by atoms with van der Waals surface area (Å²) >= 11 is 0. The van der Waals surface area contributed by atoms with Gasteiger partial charge >= 0.3 is 0 Å². The molecule has 5 atom stereocenters. The maximum Gasteiger partial charge on any atom is 0.230 e. The monoisotopic (exact) mass is 328 g/mol. The quantitative estimate of drug-likeness (QED) is 0.349. The van der Waals surface area contributed by atoms with Gasteiger partial charge in [0, 0.05) is 36.8 Å². The molecule has 2 aliphatic heterocycles. The van der Waals surface area contributed by atoms with Crippen molar-refractivity contribution in [3.05, 3.63) is 27.5 Å². The first kappa shape index (κ1) is 16.4. The van der Waals surface area contributed by atoms with Crippen molar-refractivity contribution in [3.8, 4) is 5.88 Å². The van der Waals surface area contributed by atoms with Gasteiger partial charge in [-0.25, -0.2) is 0 Å². The van der Waals surface area contributed by atoms with E-state index in [0.29, 0.717) is 18.5 Å². The SMILES string of the molecule is O=c1cc(O[C@@H]2OC(CO)[C@@H](O)[C@H](O)C2O)[nH]c2c1CNCC2. The molecular weight excluding hydrogens is 308 g/mol. The Balaban J connectivity index is 1.81. The lowest BCUT2D eigenvalue weighted by Gasteiger charge is -2.39. The van der Waals surface area contributed by atoms with Crippen LogP contribution in [-0.4, -0.2) is 69.3 Å². The summed E-state index contributed by atoms with van der Waals surface area (Å²) in [5.41, 5.74) is 1.18. The molecule has 128 valence electrons. The second-order valence-corrected chi connectivity index (χ2v) is 5.70. The largest absolute Gasteiger partial charge is 0.447 e. The van der Waals surface area contributed by atoms with Gasteiger partial charge in [-0.15, -0.1) is 0 Å². The van der Waals surface area contributed by atoms with Crippen molar-refractivity contribution in [2.75, 3.05) is 13.2 Å². The minimum Gasteiger partial charge on any atom is -0.447 e.